The summed E-state index contributed by atoms with van der Waals surface area (Å²) in [6.45, 7) is 6.14. The van der Waals surface area contributed by atoms with Crippen LogP contribution in [0.25, 0.3) is 0 Å². The molecule has 1 rings (SSSR count). The molecule has 0 aliphatic carbocycles. The van der Waals surface area contributed by atoms with E-state index in [4.69, 9.17) is 5.11 Å². The zero-order valence-electron chi connectivity index (χ0n) is 9.41. The maximum atomic E-state index is 9.54. The number of aromatic hydroxyl groups is 1. The number of aliphatic hydroxyl groups is 1. The number of hydrogen-bond donors (Lipinski definition) is 3. The van der Waals surface area contributed by atoms with Crippen LogP contribution in [0.4, 0.5) is 0 Å². The fraction of sp³-hybridized carbons (Fsp3) is 0.545. The molecule has 0 saturated carbocycles. The molecule has 1 aromatic rings. The van der Waals surface area contributed by atoms with Crippen molar-refractivity contribution in [2.24, 2.45) is 0 Å². The molecule has 0 unspecified atom stereocenters. The van der Waals surface area contributed by atoms with Crippen LogP contribution < -0.4 is 5.32 Å². The second-order valence-electron chi connectivity index (χ2n) is 4.31. The molecule has 0 fully saturated rings. The summed E-state index contributed by atoms with van der Waals surface area (Å²) in [7, 11) is 0. The zero-order valence-corrected chi connectivity index (χ0v) is 9.41. The maximum Gasteiger partial charge on any atom is 0.138 e. The van der Waals surface area contributed by atoms with Crippen molar-refractivity contribution < 1.29 is 10.2 Å². The lowest BCUT2D eigenvalue weighted by Gasteiger charge is -2.23. The Morgan fingerprint density at radius 3 is 2.67 bits per heavy atom. The van der Waals surface area contributed by atoms with Gasteiger partial charge in [-0.25, -0.2) is 0 Å². The van der Waals surface area contributed by atoms with Gasteiger partial charge in [0.2, 0.25) is 0 Å². The largest absolute Gasteiger partial charge is 0.506 e. The van der Waals surface area contributed by atoms with Crippen LogP contribution in [0.1, 0.15) is 25.2 Å². The van der Waals surface area contributed by atoms with Crippen LogP contribution in [0, 0.1) is 6.92 Å². The van der Waals surface area contributed by atoms with E-state index < -0.39 is 0 Å². The topological polar surface area (TPSA) is 65.4 Å². The van der Waals surface area contributed by atoms with Crippen LogP contribution in [0.2, 0.25) is 0 Å². The number of aryl methyl sites for hydroxylation is 1. The van der Waals surface area contributed by atoms with Gasteiger partial charge in [-0.15, -0.1) is 0 Å². The van der Waals surface area contributed by atoms with E-state index in [-0.39, 0.29) is 17.9 Å². The zero-order chi connectivity index (χ0) is 11.5. The van der Waals surface area contributed by atoms with Gasteiger partial charge in [-0.1, -0.05) is 0 Å². The van der Waals surface area contributed by atoms with Gasteiger partial charge in [0.15, 0.2) is 0 Å². The van der Waals surface area contributed by atoms with Gasteiger partial charge >= 0.3 is 0 Å². The molecule has 4 nitrogen and oxygen atoms in total. The van der Waals surface area contributed by atoms with E-state index in [0.717, 1.165) is 5.69 Å². The SMILES string of the molecule is Cc1ccc(O)c(CNC(C)(C)CO)n1. The lowest BCUT2D eigenvalue weighted by Crippen LogP contribution is -2.42. The number of rotatable bonds is 4. The maximum absolute atomic E-state index is 9.54. The third kappa shape index (κ3) is 3.49. The number of nitrogens with zero attached hydrogens (tertiary/aromatic N) is 1. The fourth-order valence-electron chi connectivity index (χ4n) is 1.11. The summed E-state index contributed by atoms with van der Waals surface area (Å²) in [6.07, 6.45) is 0. The summed E-state index contributed by atoms with van der Waals surface area (Å²) in [5, 5.41) is 21.7. The van der Waals surface area contributed by atoms with Crippen molar-refractivity contribution in [3.8, 4) is 5.75 Å². The summed E-state index contributed by atoms with van der Waals surface area (Å²) in [5.74, 6) is 0.182. The first-order chi connectivity index (χ1) is 6.94. The highest BCUT2D eigenvalue weighted by Crippen LogP contribution is 2.15. The van der Waals surface area contributed by atoms with Gasteiger partial charge in [0.25, 0.3) is 0 Å². The van der Waals surface area contributed by atoms with Gasteiger partial charge in [-0.3, -0.25) is 4.98 Å². The van der Waals surface area contributed by atoms with Crippen LogP contribution in [0.3, 0.4) is 0 Å². The van der Waals surface area contributed by atoms with Gasteiger partial charge in [-0.2, -0.15) is 0 Å². The monoisotopic (exact) mass is 210 g/mol. The van der Waals surface area contributed by atoms with Crippen molar-refractivity contribution in [2.45, 2.75) is 32.9 Å². The average Bonchev–Trinajstić information content (AvgIpc) is 2.20. The average molecular weight is 210 g/mol. The molecule has 0 aliphatic rings. The van der Waals surface area contributed by atoms with Crippen LogP contribution in [-0.4, -0.2) is 27.3 Å². The molecule has 0 aromatic carbocycles. The fourth-order valence-corrected chi connectivity index (χ4v) is 1.11. The summed E-state index contributed by atoms with van der Waals surface area (Å²) in [6, 6.07) is 3.39. The molecule has 15 heavy (non-hydrogen) atoms. The highest BCUT2D eigenvalue weighted by atomic mass is 16.3. The second-order valence-corrected chi connectivity index (χ2v) is 4.31. The van der Waals surface area contributed by atoms with Crippen molar-refractivity contribution in [1.29, 1.82) is 0 Å². The minimum atomic E-state index is -0.363. The number of nitrogens with one attached hydrogen (secondary N) is 1. The summed E-state index contributed by atoms with van der Waals surface area (Å²) in [4.78, 5) is 4.22. The summed E-state index contributed by atoms with van der Waals surface area (Å²) >= 11 is 0. The van der Waals surface area contributed by atoms with E-state index in [1.165, 1.54) is 0 Å². The van der Waals surface area contributed by atoms with Crippen molar-refractivity contribution in [2.75, 3.05) is 6.61 Å². The highest BCUT2D eigenvalue weighted by molar-refractivity contribution is 5.27. The molecule has 0 bridgehead atoms. The van der Waals surface area contributed by atoms with E-state index >= 15 is 0 Å². The van der Waals surface area contributed by atoms with Crippen LogP contribution in [0.5, 0.6) is 5.75 Å². The van der Waals surface area contributed by atoms with Gasteiger partial charge in [-0.05, 0) is 32.9 Å². The standard InChI is InChI=1S/C11H18N2O2/c1-8-4-5-10(15)9(13-8)6-12-11(2,3)7-14/h4-5,12,14-15H,6-7H2,1-3H3. The Kier molecular flexibility index (Phi) is 3.66. The predicted octanol–water partition coefficient (Wildman–Crippen LogP) is 0.956. The van der Waals surface area contributed by atoms with Gasteiger partial charge in [0.05, 0.1) is 12.3 Å². The first-order valence-corrected chi connectivity index (χ1v) is 4.96. The molecular formula is C11H18N2O2. The van der Waals surface area contributed by atoms with Gasteiger partial charge in [0.1, 0.15) is 5.75 Å². The molecule has 0 aliphatic heterocycles. The van der Waals surface area contributed by atoms with Crippen LogP contribution in [-0.2, 0) is 6.54 Å². The minimum absolute atomic E-state index is 0.0412. The lowest BCUT2D eigenvalue weighted by molar-refractivity contribution is 0.186. The Hall–Kier alpha value is -1.13. The van der Waals surface area contributed by atoms with Crippen molar-refractivity contribution in [3.05, 3.63) is 23.5 Å². The minimum Gasteiger partial charge on any atom is -0.506 e. The smallest absolute Gasteiger partial charge is 0.138 e. The second kappa shape index (κ2) is 4.59. The number of hydrogen-bond acceptors (Lipinski definition) is 4. The lowest BCUT2D eigenvalue weighted by atomic mass is 10.1. The normalized spacial score (nSPS) is 11.7. The Balaban J connectivity index is 2.69. The third-order valence-electron chi connectivity index (χ3n) is 2.22. The Bertz CT molecular complexity index is 337. The molecule has 3 N–H and O–H groups in total. The van der Waals surface area contributed by atoms with Crippen molar-refractivity contribution in [1.82, 2.24) is 10.3 Å². The Morgan fingerprint density at radius 1 is 1.40 bits per heavy atom. The summed E-state index contributed by atoms with van der Waals surface area (Å²) < 4.78 is 0. The molecule has 0 radical (unpaired) electrons. The molecule has 0 amide bonds. The van der Waals surface area contributed by atoms with E-state index in [1.807, 2.05) is 20.8 Å². The molecule has 1 heterocycles. The number of aliphatic hydroxyl groups excluding tert-OH is 1. The Labute approximate surface area is 90.0 Å². The predicted molar refractivity (Wildman–Crippen MR) is 58.6 cm³/mol. The highest BCUT2D eigenvalue weighted by Gasteiger charge is 2.16. The van der Waals surface area contributed by atoms with Gasteiger partial charge < -0.3 is 15.5 Å². The molecule has 0 spiro atoms. The van der Waals surface area contributed by atoms with Gasteiger partial charge in [0, 0.05) is 17.8 Å². The van der Waals surface area contributed by atoms with E-state index in [9.17, 15) is 5.11 Å². The first kappa shape index (κ1) is 11.9. The van der Waals surface area contributed by atoms with E-state index in [0.29, 0.717) is 12.2 Å². The van der Waals surface area contributed by atoms with Crippen LogP contribution >= 0.6 is 0 Å². The molecule has 4 heteroatoms. The molecule has 0 saturated heterocycles. The quantitative estimate of drug-likeness (QED) is 0.692. The number of aromatic nitrogens is 1. The van der Waals surface area contributed by atoms with Crippen molar-refractivity contribution in [3.63, 3.8) is 0 Å². The van der Waals surface area contributed by atoms with Crippen molar-refractivity contribution >= 4 is 0 Å². The first-order valence-electron chi connectivity index (χ1n) is 4.96. The molecule has 84 valence electrons. The molecule has 0 atom stereocenters. The third-order valence-corrected chi connectivity index (χ3v) is 2.22. The summed E-state index contributed by atoms with van der Waals surface area (Å²) in [5.41, 5.74) is 1.11. The Morgan fingerprint density at radius 2 is 2.07 bits per heavy atom. The van der Waals surface area contributed by atoms with E-state index in [2.05, 4.69) is 10.3 Å². The number of pyridine rings is 1. The van der Waals surface area contributed by atoms with E-state index in [1.54, 1.807) is 12.1 Å². The molecular weight excluding hydrogens is 192 g/mol. The molecule has 1 aromatic heterocycles. The van der Waals surface area contributed by atoms with Crippen LogP contribution in [0.15, 0.2) is 12.1 Å².